The van der Waals surface area contributed by atoms with Crippen molar-refractivity contribution in [2.45, 2.75) is 39.5 Å². The minimum Gasteiger partial charge on any atom is -0.320 e. The summed E-state index contributed by atoms with van der Waals surface area (Å²) in [6.45, 7) is 6.33. The van der Waals surface area contributed by atoms with Crippen LogP contribution in [0, 0.1) is 0 Å². The summed E-state index contributed by atoms with van der Waals surface area (Å²) in [6.07, 6.45) is 5.37. The van der Waals surface area contributed by atoms with Gasteiger partial charge in [0.15, 0.2) is 0 Å². The zero-order chi connectivity index (χ0) is 9.66. The Balaban J connectivity index is 0. The van der Waals surface area contributed by atoms with Gasteiger partial charge in [0.2, 0.25) is 0 Å². The molecule has 0 aliphatic heterocycles. The van der Waals surface area contributed by atoms with Crippen molar-refractivity contribution in [3.8, 4) is 0 Å². The van der Waals surface area contributed by atoms with E-state index < -0.39 is 0 Å². The van der Waals surface area contributed by atoms with Crippen LogP contribution in [0.1, 0.15) is 39.5 Å². The highest BCUT2D eigenvalue weighted by atomic mass is 14.8. The van der Waals surface area contributed by atoms with Crippen LogP contribution in [0.4, 0.5) is 0 Å². The van der Waals surface area contributed by atoms with Gasteiger partial charge >= 0.3 is 0 Å². The van der Waals surface area contributed by atoms with Crippen molar-refractivity contribution in [3.05, 3.63) is 0 Å². The predicted octanol–water partition coefficient (Wildman–Crippen LogP) is 2.01. The maximum atomic E-state index is 3.14. The van der Waals surface area contributed by atoms with Gasteiger partial charge in [0, 0.05) is 0 Å². The molecule has 12 heavy (non-hydrogen) atoms. The molecule has 0 atom stereocenters. The van der Waals surface area contributed by atoms with E-state index in [9.17, 15) is 0 Å². The second-order valence-corrected chi connectivity index (χ2v) is 2.62. The molecule has 0 amide bonds. The summed E-state index contributed by atoms with van der Waals surface area (Å²) in [4.78, 5) is 0. The quantitative estimate of drug-likeness (QED) is 0.577. The number of unbranched alkanes of at least 4 members (excludes halogenated alkanes) is 3. The smallest absolute Gasteiger partial charge is 0.00519 e. The molecule has 2 N–H and O–H groups in total. The van der Waals surface area contributed by atoms with E-state index in [0.717, 1.165) is 0 Å². The van der Waals surface area contributed by atoms with E-state index >= 15 is 0 Å². The van der Waals surface area contributed by atoms with Crippen LogP contribution in [0.3, 0.4) is 0 Å². The largest absolute Gasteiger partial charge is 0.320 e. The topological polar surface area (TPSA) is 24.1 Å². The average Bonchev–Trinajstić information content (AvgIpc) is 2.15. The normalized spacial score (nSPS) is 9.00. The minimum atomic E-state index is 1.17. The van der Waals surface area contributed by atoms with Crippen molar-refractivity contribution in [2.75, 3.05) is 27.2 Å². The lowest BCUT2D eigenvalue weighted by atomic mass is 10.2. The summed E-state index contributed by atoms with van der Waals surface area (Å²) in [5.41, 5.74) is 0. The summed E-state index contributed by atoms with van der Waals surface area (Å²) in [5.74, 6) is 0. The molecular formula is C10H26N2. The maximum Gasteiger partial charge on any atom is -0.00519 e. The molecule has 0 heterocycles. The third-order valence-electron chi connectivity index (χ3n) is 1.60. The SMILES string of the molecule is CC.CNCCCCCCNC. The molecule has 0 bridgehead atoms. The van der Waals surface area contributed by atoms with Crippen LogP contribution >= 0.6 is 0 Å². The minimum absolute atomic E-state index is 1.17. The fraction of sp³-hybridized carbons (Fsp3) is 1.00. The highest BCUT2D eigenvalue weighted by Gasteiger charge is 1.86. The fourth-order valence-electron chi connectivity index (χ4n) is 0.957. The van der Waals surface area contributed by atoms with Crippen LogP contribution in [-0.4, -0.2) is 27.2 Å². The Morgan fingerprint density at radius 1 is 0.667 bits per heavy atom. The molecular weight excluding hydrogens is 148 g/mol. The molecule has 0 aliphatic carbocycles. The van der Waals surface area contributed by atoms with E-state index in [2.05, 4.69) is 10.6 Å². The van der Waals surface area contributed by atoms with E-state index in [-0.39, 0.29) is 0 Å². The van der Waals surface area contributed by atoms with Gasteiger partial charge in [-0.05, 0) is 40.0 Å². The third-order valence-corrected chi connectivity index (χ3v) is 1.60. The van der Waals surface area contributed by atoms with Crippen LogP contribution in [0.2, 0.25) is 0 Å². The zero-order valence-corrected chi connectivity index (χ0v) is 9.24. The molecule has 0 saturated heterocycles. The average molecular weight is 174 g/mol. The Kier molecular flexibility index (Phi) is 20.6. The Morgan fingerprint density at radius 2 is 1.00 bits per heavy atom. The first-order valence-corrected chi connectivity index (χ1v) is 5.21. The summed E-state index contributed by atoms with van der Waals surface area (Å²) in [6, 6.07) is 0. The third kappa shape index (κ3) is 16.5. The van der Waals surface area contributed by atoms with Gasteiger partial charge in [-0.1, -0.05) is 26.7 Å². The van der Waals surface area contributed by atoms with Crippen molar-refractivity contribution < 1.29 is 0 Å². The lowest BCUT2D eigenvalue weighted by molar-refractivity contribution is 0.600. The molecule has 0 spiro atoms. The van der Waals surface area contributed by atoms with Crippen LogP contribution in [-0.2, 0) is 0 Å². The molecule has 76 valence electrons. The van der Waals surface area contributed by atoms with Crippen molar-refractivity contribution >= 4 is 0 Å². The molecule has 0 aromatic heterocycles. The summed E-state index contributed by atoms with van der Waals surface area (Å²) in [7, 11) is 4.02. The maximum absolute atomic E-state index is 3.14. The first kappa shape index (κ1) is 14.4. The summed E-state index contributed by atoms with van der Waals surface area (Å²) >= 11 is 0. The standard InChI is InChI=1S/C8H20N2.C2H6/c1-9-7-5-3-4-6-8-10-2;1-2/h9-10H,3-8H2,1-2H3;1-2H3. The van der Waals surface area contributed by atoms with Crippen LogP contribution < -0.4 is 10.6 Å². The molecule has 0 fully saturated rings. The predicted molar refractivity (Wildman–Crippen MR) is 57.7 cm³/mol. The molecule has 0 radical (unpaired) electrons. The zero-order valence-electron chi connectivity index (χ0n) is 9.24. The van der Waals surface area contributed by atoms with E-state index in [0.29, 0.717) is 0 Å². The van der Waals surface area contributed by atoms with Crippen LogP contribution in [0.5, 0.6) is 0 Å². The van der Waals surface area contributed by atoms with Gasteiger partial charge in [0.05, 0.1) is 0 Å². The first-order valence-electron chi connectivity index (χ1n) is 5.21. The first-order chi connectivity index (χ1) is 5.91. The summed E-state index contributed by atoms with van der Waals surface area (Å²) in [5, 5.41) is 6.29. The van der Waals surface area contributed by atoms with Crippen molar-refractivity contribution in [3.63, 3.8) is 0 Å². The van der Waals surface area contributed by atoms with Crippen molar-refractivity contribution in [2.24, 2.45) is 0 Å². The number of rotatable bonds is 7. The van der Waals surface area contributed by atoms with E-state index in [1.54, 1.807) is 0 Å². The highest BCUT2D eigenvalue weighted by Crippen LogP contribution is 1.96. The van der Waals surface area contributed by atoms with Gasteiger partial charge in [0.25, 0.3) is 0 Å². The van der Waals surface area contributed by atoms with E-state index in [1.165, 1.54) is 38.8 Å². The van der Waals surface area contributed by atoms with Crippen molar-refractivity contribution in [1.82, 2.24) is 10.6 Å². The number of hydrogen-bond donors (Lipinski definition) is 2. The number of hydrogen-bond acceptors (Lipinski definition) is 2. The van der Waals surface area contributed by atoms with Gasteiger partial charge in [0.1, 0.15) is 0 Å². The Labute approximate surface area is 78.1 Å². The fourth-order valence-corrected chi connectivity index (χ4v) is 0.957. The van der Waals surface area contributed by atoms with Gasteiger partial charge < -0.3 is 10.6 Å². The monoisotopic (exact) mass is 174 g/mol. The van der Waals surface area contributed by atoms with Gasteiger partial charge in [-0.15, -0.1) is 0 Å². The highest BCUT2D eigenvalue weighted by molar-refractivity contribution is 4.46. The molecule has 2 heteroatoms. The molecule has 0 aliphatic rings. The Hall–Kier alpha value is -0.0800. The molecule has 0 aromatic rings. The summed E-state index contributed by atoms with van der Waals surface area (Å²) < 4.78 is 0. The van der Waals surface area contributed by atoms with Crippen molar-refractivity contribution in [1.29, 1.82) is 0 Å². The lowest BCUT2D eigenvalue weighted by Crippen LogP contribution is -2.09. The molecule has 0 rings (SSSR count). The van der Waals surface area contributed by atoms with Gasteiger partial charge in [-0.2, -0.15) is 0 Å². The Bertz CT molecular complexity index is 47.8. The number of nitrogens with one attached hydrogen (secondary N) is 2. The molecule has 0 saturated carbocycles. The van der Waals surface area contributed by atoms with Crippen LogP contribution in [0.25, 0.3) is 0 Å². The lowest BCUT2D eigenvalue weighted by Gasteiger charge is -1.99. The van der Waals surface area contributed by atoms with Gasteiger partial charge in [-0.25, -0.2) is 0 Å². The second kappa shape index (κ2) is 17.1. The molecule has 2 nitrogen and oxygen atoms in total. The van der Waals surface area contributed by atoms with Gasteiger partial charge in [-0.3, -0.25) is 0 Å². The van der Waals surface area contributed by atoms with E-state index in [1.807, 2.05) is 27.9 Å². The van der Waals surface area contributed by atoms with E-state index in [4.69, 9.17) is 0 Å². The molecule has 0 aromatic carbocycles. The Morgan fingerprint density at radius 3 is 1.25 bits per heavy atom. The van der Waals surface area contributed by atoms with Crippen LogP contribution in [0.15, 0.2) is 0 Å². The molecule has 0 unspecified atom stereocenters. The second-order valence-electron chi connectivity index (χ2n) is 2.62.